The van der Waals surface area contributed by atoms with E-state index in [1.54, 1.807) is 37.3 Å². The molecule has 0 saturated carbocycles. The summed E-state index contributed by atoms with van der Waals surface area (Å²) >= 11 is 6.00. The molecule has 2 aromatic carbocycles. The van der Waals surface area contributed by atoms with Crippen LogP contribution in [0, 0.1) is 6.92 Å². The average molecular weight is 332 g/mol. The molecule has 0 aliphatic carbocycles. The highest BCUT2D eigenvalue weighted by atomic mass is 35.5. The van der Waals surface area contributed by atoms with Crippen LogP contribution in [0.5, 0.6) is 0 Å². The summed E-state index contributed by atoms with van der Waals surface area (Å²) in [4.78, 5) is 26.0. The summed E-state index contributed by atoms with van der Waals surface area (Å²) in [7, 11) is 3.80. The predicted molar refractivity (Wildman–Crippen MR) is 94.2 cm³/mol. The summed E-state index contributed by atoms with van der Waals surface area (Å²) < 4.78 is 0. The summed E-state index contributed by atoms with van der Waals surface area (Å²) in [5.74, 6) is -1.48. The first kappa shape index (κ1) is 16.8. The van der Waals surface area contributed by atoms with Crippen molar-refractivity contribution >= 4 is 40.5 Å². The molecule has 2 rings (SSSR count). The molecular formula is C17H18ClN3O2. The second-order valence-electron chi connectivity index (χ2n) is 5.27. The van der Waals surface area contributed by atoms with Crippen LogP contribution in [-0.4, -0.2) is 25.9 Å². The van der Waals surface area contributed by atoms with E-state index in [0.29, 0.717) is 22.0 Å². The summed E-state index contributed by atoms with van der Waals surface area (Å²) in [5.41, 5.74) is 2.71. The van der Waals surface area contributed by atoms with Gasteiger partial charge in [-0.05, 0) is 42.8 Å². The molecule has 0 unspecified atom stereocenters. The molecule has 0 bridgehead atoms. The van der Waals surface area contributed by atoms with Crippen LogP contribution in [-0.2, 0) is 9.59 Å². The molecule has 2 N–H and O–H groups in total. The molecule has 0 fully saturated rings. The smallest absolute Gasteiger partial charge is 0.314 e. The zero-order valence-corrected chi connectivity index (χ0v) is 13.9. The van der Waals surface area contributed by atoms with E-state index in [4.69, 9.17) is 11.6 Å². The van der Waals surface area contributed by atoms with E-state index in [-0.39, 0.29) is 0 Å². The van der Waals surface area contributed by atoms with Crippen molar-refractivity contribution in [2.45, 2.75) is 6.92 Å². The lowest BCUT2D eigenvalue weighted by molar-refractivity contribution is -0.133. The highest BCUT2D eigenvalue weighted by Gasteiger charge is 2.15. The molecular weight excluding hydrogens is 314 g/mol. The number of anilines is 3. The van der Waals surface area contributed by atoms with E-state index in [2.05, 4.69) is 10.6 Å². The number of hydrogen-bond acceptors (Lipinski definition) is 3. The van der Waals surface area contributed by atoms with Gasteiger partial charge in [0.2, 0.25) is 0 Å². The van der Waals surface area contributed by atoms with Gasteiger partial charge in [-0.25, -0.2) is 0 Å². The van der Waals surface area contributed by atoms with Crippen LogP contribution in [0.15, 0.2) is 42.5 Å². The number of amides is 2. The molecule has 120 valence electrons. The molecule has 6 heteroatoms. The van der Waals surface area contributed by atoms with Crippen molar-refractivity contribution in [1.29, 1.82) is 0 Å². The first-order valence-corrected chi connectivity index (χ1v) is 7.41. The van der Waals surface area contributed by atoms with Crippen molar-refractivity contribution in [3.05, 3.63) is 53.1 Å². The molecule has 0 aliphatic heterocycles. The quantitative estimate of drug-likeness (QED) is 0.848. The molecule has 0 radical (unpaired) electrons. The molecule has 0 saturated heterocycles. The Morgan fingerprint density at radius 2 is 1.65 bits per heavy atom. The Bertz CT molecular complexity index is 744. The van der Waals surface area contributed by atoms with E-state index in [1.165, 1.54) is 0 Å². The van der Waals surface area contributed by atoms with Gasteiger partial charge in [0.1, 0.15) is 0 Å². The lowest BCUT2D eigenvalue weighted by atomic mass is 10.2. The Morgan fingerprint density at radius 3 is 2.35 bits per heavy atom. The van der Waals surface area contributed by atoms with Crippen molar-refractivity contribution < 1.29 is 9.59 Å². The number of hydrogen-bond donors (Lipinski definition) is 2. The van der Waals surface area contributed by atoms with Gasteiger partial charge in [0.05, 0.1) is 0 Å². The van der Waals surface area contributed by atoms with Crippen molar-refractivity contribution in [2.24, 2.45) is 0 Å². The fraction of sp³-hybridized carbons (Fsp3) is 0.176. The maximum atomic E-state index is 12.0. The third-order valence-electron chi connectivity index (χ3n) is 3.34. The molecule has 0 atom stereocenters. The Morgan fingerprint density at radius 1 is 1.00 bits per heavy atom. The maximum absolute atomic E-state index is 12.0. The minimum Gasteiger partial charge on any atom is -0.378 e. The second kappa shape index (κ2) is 7.15. The Kier molecular flexibility index (Phi) is 5.24. The van der Waals surface area contributed by atoms with Crippen LogP contribution in [0.4, 0.5) is 17.1 Å². The number of benzene rings is 2. The molecule has 23 heavy (non-hydrogen) atoms. The van der Waals surface area contributed by atoms with Gasteiger partial charge in [0.25, 0.3) is 0 Å². The molecule has 0 aliphatic rings. The number of halogens is 1. The number of nitrogens with one attached hydrogen (secondary N) is 2. The molecule has 5 nitrogen and oxygen atoms in total. The zero-order chi connectivity index (χ0) is 17.0. The van der Waals surface area contributed by atoms with E-state index in [9.17, 15) is 9.59 Å². The Balaban J connectivity index is 2.07. The third kappa shape index (κ3) is 4.23. The van der Waals surface area contributed by atoms with E-state index < -0.39 is 11.8 Å². The van der Waals surface area contributed by atoms with Crippen LogP contribution in [0.25, 0.3) is 0 Å². The third-order valence-corrected chi connectivity index (χ3v) is 3.75. The normalized spacial score (nSPS) is 10.1. The zero-order valence-electron chi connectivity index (χ0n) is 13.2. The fourth-order valence-electron chi connectivity index (χ4n) is 1.97. The molecule has 0 spiro atoms. The van der Waals surface area contributed by atoms with Crippen LogP contribution < -0.4 is 15.5 Å². The van der Waals surface area contributed by atoms with Crippen LogP contribution in [0.2, 0.25) is 5.02 Å². The van der Waals surface area contributed by atoms with Gasteiger partial charge in [0.15, 0.2) is 0 Å². The highest BCUT2D eigenvalue weighted by molar-refractivity contribution is 6.44. The van der Waals surface area contributed by atoms with Crippen LogP contribution in [0.1, 0.15) is 5.56 Å². The summed E-state index contributed by atoms with van der Waals surface area (Å²) in [5, 5.41) is 5.67. The standard InChI is InChI=1S/C17H18ClN3O2/c1-11-14(18)8-5-9-15(11)20-17(23)16(22)19-12-6-4-7-13(10-12)21(2)3/h4-10H,1-3H3,(H,19,22)(H,20,23). The summed E-state index contributed by atoms with van der Waals surface area (Å²) in [6.45, 7) is 1.77. The SMILES string of the molecule is Cc1c(Cl)cccc1NC(=O)C(=O)Nc1cccc(N(C)C)c1. The monoisotopic (exact) mass is 331 g/mol. The van der Waals surface area contributed by atoms with Gasteiger partial charge in [-0.15, -0.1) is 0 Å². The molecule has 0 heterocycles. The van der Waals surface area contributed by atoms with Gasteiger partial charge in [-0.2, -0.15) is 0 Å². The summed E-state index contributed by atoms with van der Waals surface area (Å²) in [6, 6.07) is 12.4. The van der Waals surface area contributed by atoms with Crippen molar-refractivity contribution in [1.82, 2.24) is 0 Å². The van der Waals surface area contributed by atoms with Gasteiger partial charge >= 0.3 is 11.8 Å². The first-order valence-electron chi connectivity index (χ1n) is 7.03. The van der Waals surface area contributed by atoms with Crippen LogP contribution >= 0.6 is 11.6 Å². The van der Waals surface area contributed by atoms with Gasteiger partial charge in [-0.3, -0.25) is 9.59 Å². The van der Waals surface area contributed by atoms with Gasteiger partial charge in [-0.1, -0.05) is 23.7 Å². The lowest BCUT2D eigenvalue weighted by Crippen LogP contribution is -2.29. The second-order valence-corrected chi connectivity index (χ2v) is 5.67. The number of nitrogens with zero attached hydrogens (tertiary/aromatic N) is 1. The average Bonchev–Trinajstić information content (AvgIpc) is 2.52. The fourth-order valence-corrected chi connectivity index (χ4v) is 2.15. The van der Waals surface area contributed by atoms with Crippen molar-refractivity contribution in [3.63, 3.8) is 0 Å². The van der Waals surface area contributed by atoms with Crippen molar-refractivity contribution in [3.8, 4) is 0 Å². The number of carbonyl (C=O) groups excluding carboxylic acids is 2. The van der Waals surface area contributed by atoms with E-state index >= 15 is 0 Å². The minimum absolute atomic E-state index is 0.514. The van der Waals surface area contributed by atoms with Crippen molar-refractivity contribution in [2.75, 3.05) is 29.6 Å². The number of rotatable bonds is 3. The Labute approximate surface area is 140 Å². The minimum atomic E-state index is -0.745. The van der Waals surface area contributed by atoms with E-state index in [1.807, 2.05) is 31.1 Å². The largest absolute Gasteiger partial charge is 0.378 e. The molecule has 0 aromatic heterocycles. The maximum Gasteiger partial charge on any atom is 0.314 e. The first-order chi connectivity index (χ1) is 10.9. The van der Waals surface area contributed by atoms with E-state index in [0.717, 1.165) is 5.69 Å². The van der Waals surface area contributed by atoms with Gasteiger partial charge < -0.3 is 15.5 Å². The highest BCUT2D eigenvalue weighted by Crippen LogP contribution is 2.23. The summed E-state index contributed by atoms with van der Waals surface area (Å²) in [6.07, 6.45) is 0. The molecule has 2 amide bonds. The lowest BCUT2D eigenvalue weighted by Gasteiger charge is -2.14. The topological polar surface area (TPSA) is 61.4 Å². The Hall–Kier alpha value is -2.53. The molecule has 2 aromatic rings. The van der Waals surface area contributed by atoms with Crippen LogP contribution in [0.3, 0.4) is 0 Å². The number of carbonyl (C=O) groups is 2. The van der Waals surface area contributed by atoms with Gasteiger partial charge in [0, 0.05) is 36.2 Å². The predicted octanol–water partition coefficient (Wildman–Crippen LogP) is 3.29.